The molecule has 24 heavy (non-hydrogen) atoms. The molecule has 0 aliphatic carbocycles. The summed E-state index contributed by atoms with van der Waals surface area (Å²) in [5.41, 5.74) is 1.75. The van der Waals surface area contributed by atoms with Crippen molar-refractivity contribution in [3.05, 3.63) is 45.7 Å². The van der Waals surface area contributed by atoms with E-state index in [0.29, 0.717) is 0 Å². The first kappa shape index (κ1) is 16.9. The quantitative estimate of drug-likeness (QED) is 0.892. The molecule has 2 heterocycles. The molecule has 1 N–H and O–H groups in total. The fourth-order valence-corrected chi connectivity index (χ4v) is 3.91. The van der Waals surface area contributed by atoms with E-state index in [0.717, 1.165) is 27.7 Å². The molecular formula is C18H23N3O2S. The Morgan fingerprint density at radius 2 is 1.88 bits per heavy atom. The highest BCUT2D eigenvalue weighted by Crippen LogP contribution is 2.44. The van der Waals surface area contributed by atoms with Crippen molar-refractivity contribution in [2.24, 2.45) is 4.99 Å². The van der Waals surface area contributed by atoms with E-state index < -0.39 is 0 Å². The van der Waals surface area contributed by atoms with Gasteiger partial charge in [-0.2, -0.15) is 0 Å². The van der Waals surface area contributed by atoms with Gasteiger partial charge in [-0.05, 0) is 52.3 Å². The summed E-state index contributed by atoms with van der Waals surface area (Å²) in [7, 11) is 0. The molecule has 0 bridgehead atoms. The zero-order valence-corrected chi connectivity index (χ0v) is 15.5. The molecule has 0 unspecified atom stereocenters. The number of aromatic nitrogens is 2. The predicted octanol–water partition coefficient (Wildman–Crippen LogP) is 4.43. The van der Waals surface area contributed by atoms with Gasteiger partial charge in [-0.1, -0.05) is 23.9 Å². The van der Waals surface area contributed by atoms with Crippen LogP contribution in [0.1, 0.15) is 57.0 Å². The number of thioether (sulfide) groups is 1. The van der Waals surface area contributed by atoms with Gasteiger partial charge in [-0.15, -0.1) is 0 Å². The number of benzene rings is 1. The van der Waals surface area contributed by atoms with Crippen LogP contribution in [0.5, 0.6) is 5.75 Å². The second-order valence-corrected chi connectivity index (χ2v) is 7.80. The number of aromatic amines is 1. The van der Waals surface area contributed by atoms with Gasteiger partial charge in [0.15, 0.2) is 5.82 Å². The predicted molar refractivity (Wildman–Crippen MR) is 99.8 cm³/mol. The smallest absolute Gasteiger partial charge is 0.271 e. The van der Waals surface area contributed by atoms with Crippen molar-refractivity contribution >= 4 is 22.6 Å². The van der Waals surface area contributed by atoms with Gasteiger partial charge in [-0.25, -0.2) is 4.99 Å². The summed E-state index contributed by atoms with van der Waals surface area (Å²) in [6, 6.07) is 8.14. The van der Waals surface area contributed by atoms with Crippen LogP contribution in [-0.4, -0.2) is 20.9 Å². The normalized spacial score (nSPS) is 17.1. The Labute approximate surface area is 146 Å². The number of hydrogen-bond donors (Lipinski definition) is 1. The van der Waals surface area contributed by atoms with Crippen LogP contribution < -0.4 is 10.3 Å². The maximum Gasteiger partial charge on any atom is 0.271 e. The number of nitrogens with zero attached hydrogens (tertiary/aromatic N) is 2. The Morgan fingerprint density at radius 1 is 1.21 bits per heavy atom. The number of H-pyrrole nitrogens is 1. The highest BCUT2D eigenvalue weighted by Gasteiger charge is 2.30. The topological polar surface area (TPSA) is 59.4 Å². The standard InChI is InChI=1S/C18H23N3O2S/c1-10(2)21-17-15(18(22)20-21)16(24-12(5)19-17)13-6-8-14(9-7-13)23-11(3)4/h6-11,16H,1-5H3,(H,20,22)/t16-/m0/s1. The van der Waals surface area contributed by atoms with E-state index in [2.05, 4.69) is 10.1 Å². The Balaban J connectivity index is 2.02. The maximum atomic E-state index is 12.5. The molecular weight excluding hydrogens is 322 g/mol. The minimum absolute atomic E-state index is 0.0469. The summed E-state index contributed by atoms with van der Waals surface area (Å²) in [4.78, 5) is 17.1. The molecule has 128 valence electrons. The van der Waals surface area contributed by atoms with Gasteiger partial charge in [-0.3, -0.25) is 14.6 Å². The van der Waals surface area contributed by atoms with Crippen molar-refractivity contribution in [1.82, 2.24) is 9.78 Å². The number of fused-ring (bicyclic) bond motifs is 1. The van der Waals surface area contributed by atoms with Crippen LogP contribution in [-0.2, 0) is 0 Å². The van der Waals surface area contributed by atoms with Gasteiger partial charge < -0.3 is 4.74 Å². The summed E-state index contributed by atoms with van der Waals surface area (Å²) in [5, 5.41) is 3.84. The molecule has 1 aromatic carbocycles. The number of nitrogens with one attached hydrogen (secondary N) is 1. The second-order valence-electron chi connectivity index (χ2n) is 6.51. The average molecular weight is 345 g/mol. The van der Waals surface area contributed by atoms with Crippen molar-refractivity contribution in [2.45, 2.75) is 52.0 Å². The summed E-state index contributed by atoms with van der Waals surface area (Å²) in [6.07, 6.45) is 0.142. The summed E-state index contributed by atoms with van der Waals surface area (Å²) >= 11 is 1.62. The van der Waals surface area contributed by atoms with Gasteiger partial charge in [0.2, 0.25) is 0 Å². The molecule has 0 spiro atoms. The number of rotatable bonds is 4. The fourth-order valence-electron chi connectivity index (χ4n) is 2.81. The molecule has 6 heteroatoms. The van der Waals surface area contributed by atoms with Crippen LogP contribution in [0.4, 0.5) is 5.82 Å². The van der Waals surface area contributed by atoms with E-state index >= 15 is 0 Å². The molecule has 2 aromatic rings. The van der Waals surface area contributed by atoms with Crippen LogP contribution in [0.2, 0.25) is 0 Å². The van der Waals surface area contributed by atoms with Gasteiger partial charge in [0, 0.05) is 6.04 Å². The lowest BCUT2D eigenvalue weighted by atomic mass is 10.1. The summed E-state index contributed by atoms with van der Waals surface area (Å²) in [6.45, 7) is 10.1. The first-order valence-electron chi connectivity index (χ1n) is 8.19. The average Bonchev–Trinajstić information content (AvgIpc) is 2.84. The van der Waals surface area contributed by atoms with Crippen molar-refractivity contribution in [3.8, 4) is 5.75 Å². The van der Waals surface area contributed by atoms with E-state index in [4.69, 9.17) is 4.74 Å². The van der Waals surface area contributed by atoms with Crippen molar-refractivity contribution < 1.29 is 4.74 Å². The largest absolute Gasteiger partial charge is 0.491 e. The Bertz CT molecular complexity index is 816. The first-order valence-corrected chi connectivity index (χ1v) is 9.07. The Kier molecular flexibility index (Phi) is 4.58. The summed E-state index contributed by atoms with van der Waals surface area (Å²) in [5.74, 6) is 1.59. The molecule has 0 saturated carbocycles. The molecule has 0 saturated heterocycles. The van der Waals surface area contributed by atoms with Crippen LogP contribution in [0, 0.1) is 0 Å². The number of hydrogen-bond acceptors (Lipinski definition) is 4. The SMILES string of the molecule is CC1=Nc2c(c(=O)[nH]n2C(C)C)[C@H](c2ccc(OC(C)C)cc2)S1. The lowest BCUT2D eigenvalue weighted by molar-refractivity contribution is 0.242. The zero-order valence-electron chi connectivity index (χ0n) is 14.7. The first-order chi connectivity index (χ1) is 11.4. The van der Waals surface area contributed by atoms with E-state index in [1.807, 2.05) is 63.6 Å². The highest BCUT2D eigenvalue weighted by molar-refractivity contribution is 8.14. The van der Waals surface area contributed by atoms with Crippen molar-refractivity contribution in [3.63, 3.8) is 0 Å². The Hall–Kier alpha value is -1.95. The van der Waals surface area contributed by atoms with E-state index in [-0.39, 0.29) is 23.0 Å². The van der Waals surface area contributed by atoms with E-state index in [1.165, 1.54) is 0 Å². The minimum Gasteiger partial charge on any atom is -0.491 e. The second kappa shape index (κ2) is 6.51. The van der Waals surface area contributed by atoms with Gasteiger partial charge in [0.05, 0.1) is 22.0 Å². The molecule has 0 radical (unpaired) electrons. The highest BCUT2D eigenvalue weighted by atomic mass is 32.2. The van der Waals surface area contributed by atoms with Gasteiger partial charge in [0.1, 0.15) is 5.75 Å². The molecule has 1 aliphatic heterocycles. The zero-order chi connectivity index (χ0) is 17.4. The molecule has 1 atom stereocenters. The van der Waals surface area contributed by atoms with E-state index in [1.54, 1.807) is 11.8 Å². The Morgan fingerprint density at radius 3 is 2.46 bits per heavy atom. The molecule has 0 amide bonds. The number of ether oxygens (including phenoxy) is 1. The number of aliphatic imine (C=N–C) groups is 1. The van der Waals surface area contributed by atoms with Crippen LogP contribution in [0.25, 0.3) is 0 Å². The fraction of sp³-hybridized carbons (Fsp3) is 0.444. The molecule has 1 aromatic heterocycles. The minimum atomic E-state index is -0.0602. The third-order valence-electron chi connectivity index (χ3n) is 3.82. The van der Waals surface area contributed by atoms with Gasteiger partial charge in [0.25, 0.3) is 5.56 Å². The summed E-state index contributed by atoms with van der Waals surface area (Å²) < 4.78 is 7.56. The van der Waals surface area contributed by atoms with Crippen molar-refractivity contribution in [2.75, 3.05) is 0 Å². The molecule has 5 nitrogen and oxygen atoms in total. The molecule has 1 aliphatic rings. The van der Waals surface area contributed by atoms with Crippen LogP contribution >= 0.6 is 11.8 Å². The molecule has 3 rings (SSSR count). The van der Waals surface area contributed by atoms with Gasteiger partial charge >= 0.3 is 0 Å². The monoisotopic (exact) mass is 345 g/mol. The van der Waals surface area contributed by atoms with E-state index in [9.17, 15) is 4.79 Å². The van der Waals surface area contributed by atoms with Crippen LogP contribution in [0.3, 0.4) is 0 Å². The molecule has 0 fully saturated rings. The third kappa shape index (κ3) is 3.15. The lowest BCUT2D eigenvalue weighted by Gasteiger charge is -2.21. The third-order valence-corrected chi connectivity index (χ3v) is 5.00. The van der Waals surface area contributed by atoms with Crippen molar-refractivity contribution in [1.29, 1.82) is 0 Å². The lowest BCUT2D eigenvalue weighted by Crippen LogP contribution is -2.13. The van der Waals surface area contributed by atoms with Crippen LogP contribution in [0.15, 0.2) is 34.1 Å². The maximum absolute atomic E-state index is 12.5.